The number of hydrogen-bond donors (Lipinski definition) is 0. The van der Waals surface area contributed by atoms with Gasteiger partial charge >= 0.3 is 0 Å². The Morgan fingerprint density at radius 1 is 0.325 bits per heavy atom. The molecule has 4 aliphatic rings. The molecule has 0 N–H and O–H groups in total. The van der Waals surface area contributed by atoms with Crippen LogP contribution in [-0.2, 0) is 0 Å². The number of hydrogen-bond acceptors (Lipinski definition) is 7. The Hall–Kier alpha value is -10.2. The fourth-order valence-electron chi connectivity index (χ4n) is 13.9. The van der Waals surface area contributed by atoms with Crippen LogP contribution in [0.1, 0.15) is 0 Å². The number of benzene rings is 11. The van der Waals surface area contributed by atoms with E-state index >= 15 is 0 Å². The molecule has 7 nitrogen and oxygen atoms in total. The van der Waals surface area contributed by atoms with E-state index in [4.69, 9.17) is 8.83 Å². The molecule has 0 saturated carbocycles. The molecule has 392 valence electrons. The van der Waals surface area contributed by atoms with Crippen LogP contribution in [-0.4, -0.2) is 21.5 Å². The summed E-state index contributed by atoms with van der Waals surface area (Å²) in [7, 11) is -2.00. The highest BCUT2D eigenvalue weighted by molar-refractivity contribution is 7.03. The van der Waals surface area contributed by atoms with Crippen molar-refractivity contribution >= 4 is 167 Å². The number of furan rings is 2. The number of para-hydroxylation sites is 8. The monoisotopic (exact) mass is 1080 g/mol. The first-order valence-electron chi connectivity index (χ1n) is 28.7. The van der Waals surface area contributed by atoms with Crippen LogP contribution in [0.25, 0.3) is 21.9 Å². The Balaban J connectivity index is 1.03. The molecule has 13 aromatic rings. The average Bonchev–Trinajstić information content (AvgIpc) is 1.90. The van der Waals surface area contributed by atoms with Crippen molar-refractivity contribution in [1.82, 2.24) is 0 Å². The Bertz CT molecular complexity index is 4670. The van der Waals surface area contributed by atoms with Crippen LogP contribution < -0.4 is 62.9 Å². The second-order valence-electron chi connectivity index (χ2n) is 23.2. The zero-order valence-electron chi connectivity index (χ0n) is 46.1. The van der Waals surface area contributed by atoms with Gasteiger partial charge in [-0.15, -0.1) is 0 Å². The Morgan fingerprint density at radius 3 is 1.07 bits per heavy atom. The number of rotatable bonds is 8. The van der Waals surface area contributed by atoms with Crippen molar-refractivity contribution in [2.24, 2.45) is 0 Å². The lowest BCUT2D eigenvalue weighted by molar-refractivity contribution is 0.651. The van der Waals surface area contributed by atoms with Gasteiger partial charge in [0.1, 0.15) is 11.2 Å². The quantitative estimate of drug-likeness (QED) is 0.140. The van der Waals surface area contributed by atoms with E-state index in [9.17, 15) is 0 Å². The molecular formula is C73H53B2N5O2Si. The van der Waals surface area contributed by atoms with Crippen LogP contribution in [0, 0.1) is 0 Å². The van der Waals surface area contributed by atoms with Crippen molar-refractivity contribution in [3.05, 3.63) is 267 Å². The third-order valence-corrected chi connectivity index (χ3v) is 19.5. The fourth-order valence-corrected chi connectivity index (χ4v) is 15.0. The van der Waals surface area contributed by atoms with Gasteiger partial charge in [0.25, 0.3) is 13.4 Å². The molecule has 0 fully saturated rings. The van der Waals surface area contributed by atoms with E-state index in [0.29, 0.717) is 0 Å². The summed E-state index contributed by atoms with van der Waals surface area (Å²) >= 11 is 0. The SMILES string of the molecule is C[Si](C)(C)c1cc2c3c(c1)N(c1ccccc1)c1c(oc4ccccc14)B3c1cc3c(cc1N2c1ccccc1)N(c1ccccc1)c1cc(N(c2ccccc2)c2ccccc2)cc2c1B3c1oc3ccccc3c1N2c1ccccc1. The first kappa shape index (κ1) is 47.6. The standard InChI is InChI=1S/C73H53B2N5O2Si/c1-83(2,3)55-44-64-69-65(45-55)80(53-36-20-9-21-37-53)71-57-39-23-25-41-67(57)82-73(71)75(69)59-46-58-60(47-61(59)78(64)51-32-16-7-17-33-51)77(50-30-14-6-15-31-50)62-42-54(76(48-26-10-4-11-27-48)49-28-12-5-13-29-49)43-63-68(62)74(58)72-70(56-38-22-24-40-66(56)81-72)79(63)52-34-18-8-19-35-52/h4-47H,1-3H3. The largest absolute Gasteiger partial charge is 0.468 e. The van der Waals surface area contributed by atoms with E-state index in [2.05, 4.69) is 311 Å². The zero-order chi connectivity index (χ0) is 55.1. The number of anilines is 15. The molecule has 10 heteroatoms. The van der Waals surface area contributed by atoms with Gasteiger partial charge in [0, 0.05) is 79.0 Å². The van der Waals surface area contributed by atoms with E-state index in [1.165, 1.54) is 32.9 Å². The summed E-state index contributed by atoms with van der Waals surface area (Å²) in [6, 6.07) is 97.4. The van der Waals surface area contributed by atoms with Gasteiger partial charge in [-0.3, -0.25) is 0 Å². The predicted octanol–water partition coefficient (Wildman–Crippen LogP) is 15.4. The van der Waals surface area contributed by atoms with Crippen molar-refractivity contribution in [3.63, 3.8) is 0 Å². The van der Waals surface area contributed by atoms with Gasteiger partial charge in [-0.1, -0.05) is 164 Å². The maximum Gasteiger partial charge on any atom is 0.297 e. The Labute approximate surface area is 484 Å². The lowest BCUT2D eigenvalue weighted by atomic mass is 9.32. The average molecular weight is 1080 g/mol. The van der Waals surface area contributed by atoms with E-state index in [0.717, 1.165) is 113 Å². The van der Waals surface area contributed by atoms with Gasteiger partial charge in [0.15, 0.2) is 0 Å². The molecule has 0 atom stereocenters. The second-order valence-corrected chi connectivity index (χ2v) is 28.3. The maximum atomic E-state index is 7.48. The third kappa shape index (κ3) is 7.12. The van der Waals surface area contributed by atoms with Crippen LogP contribution in [0.15, 0.2) is 276 Å². The molecule has 0 unspecified atom stereocenters. The molecule has 11 aromatic carbocycles. The van der Waals surface area contributed by atoms with Gasteiger partial charge in [-0.2, -0.15) is 0 Å². The molecule has 2 aromatic heterocycles. The summed E-state index contributed by atoms with van der Waals surface area (Å²) < 4.78 is 14.9. The topological polar surface area (TPSA) is 42.5 Å². The van der Waals surface area contributed by atoms with Crippen LogP contribution in [0.4, 0.5) is 85.3 Å². The molecule has 0 spiro atoms. The van der Waals surface area contributed by atoms with Gasteiger partial charge in [0.05, 0.1) is 36.5 Å². The highest BCUT2D eigenvalue weighted by Gasteiger charge is 2.52. The Morgan fingerprint density at radius 2 is 0.663 bits per heavy atom. The van der Waals surface area contributed by atoms with Crippen molar-refractivity contribution in [3.8, 4) is 0 Å². The first-order chi connectivity index (χ1) is 40.9. The fraction of sp³-hybridized carbons (Fsp3) is 0.0411. The lowest BCUT2D eigenvalue weighted by Gasteiger charge is -2.46. The summed E-state index contributed by atoms with van der Waals surface area (Å²) in [6.45, 7) is 6.79. The smallest absolute Gasteiger partial charge is 0.297 e. The number of fused-ring (bicyclic) bond motifs is 12. The van der Waals surface area contributed by atoms with Crippen LogP contribution in [0.5, 0.6) is 0 Å². The normalized spacial score (nSPS) is 13.6. The minimum Gasteiger partial charge on any atom is -0.468 e. The second kappa shape index (κ2) is 18.2. The predicted molar refractivity (Wildman–Crippen MR) is 352 cm³/mol. The van der Waals surface area contributed by atoms with Crippen molar-refractivity contribution in [1.29, 1.82) is 0 Å². The van der Waals surface area contributed by atoms with E-state index in [1.807, 2.05) is 0 Å². The molecular weight excluding hydrogens is 1030 g/mol. The van der Waals surface area contributed by atoms with Crippen molar-refractivity contribution in [2.75, 3.05) is 24.5 Å². The molecule has 0 bridgehead atoms. The van der Waals surface area contributed by atoms with Crippen molar-refractivity contribution < 1.29 is 8.83 Å². The highest BCUT2D eigenvalue weighted by atomic mass is 28.3. The molecule has 0 saturated heterocycles. The van der Waals surface area contributed by atoms with E-state index in [-0.39, 0.29) is 13.4 Å². The maximum absolute atomic E-state index is 7.48. The van der Waals surface area contributed by atoms with E-state index in [1.54, 1.807) is 0 Å². The van der Waals surface area contributed by atoms with E-state index < -0.39 is 8.07 Å². The van der Waals surface area contributed by atoms with Gasteiger partial charge in [-0.05, 0) is 149 Å². The highest BCUT2D eigenvalue weighted by Crippen LogP contribution is 2.52. The lowest BCUT2D eigenvalue weighted by Crippen LogP contribution is -2.65. The van der Waals surface area contributed by atoms with Gasteiger partial charge < -0.3 is 33.3 Å². The minimum absolute atomic E-state index is 0.281. The molecule has 17 rings (SSSR count). The van der Waals surface area contributed by atoms with Crippen LogP contribution in [0.3, 0.4) is 0 Å². The third-order valence-electron chi connectivity index (χ3n) is 17.5. The van der Waals surface area contributed by atoms with Crippen LogP contribution in [0.2, 0.25) is 19.6 Å². The van der Waals surface area contributed by atoms with Gasteiger partial charge in [-0.25, -0.2) is 0 Å². The zero-order valence-corrected chi connectivity index (χ0v) is 47.1. The first-order valence-corrected chi connectivity index (χ1v) is 32.2. The summed E-state index contributed by atoms with van der Waals surface area (Å²) in [6.07, 6.45) is 0. The summed E-state index contributed by atoms with van der Waals surface area (Å²) in [4.78, 5) is 12.5. The Kier molecular flexibility index (Phi) is 10.4. The molecule has 0 amide bonds. The number of nitrogens with zero attached hydrogens (tertiary/aromatic N) is 5. The van der Waals surface area contributed by atoms with Crippen molar-refractivity contribution in [2.45, 2.75) is 19.6 Å². The molecule has 0 radical (unpaired) electrons. The minimum atomic E-state index is -2.00. The molecule has 4 aliphatic heterocycles. The summed E-state index contributed by atoms with van der Waals surface area (Å²) in [5.41, 5.74) is 24.6. The molecule has 6 heterocycles. The van der Waals surface area contributed by atoms with Crippen LogP contribution >= 0.6 is 0 Å². The van der Waals surface area contributed by atoms with Gasteiger partial charge in [0.2, 0.25) is 0 Å². The summed E-state index contributed by atoms with van der Waals surface area (Å²) in [5.74, 6) is 0. The summed E-state index contributed by atoms with van der Waals surface area (Å²) in [5, 5.41) is 3.53. The molecule has 0 aliphatic carbocycles. The molecule has 83 heavy (non-hydrogen) atoms.